The van der Waals surface area contributed by atoms with Gasteiger partial charge in [-0.25, -0.2) is 4.79 Å². The first kappa shape index (κ1) is 22.7. The van der Waals surface area contributed by atoms with Crippen molar-refractivity contribution in [2.24, 2.45) is 0 Å². The molecule has 1 saturated heterocycles. The number of aromatic hydroxyl groups is 1. The van der Waals surface area contributed by atoms with E-state index in [0.717, 1.165) is 16.8 Å². The molecule has 1 aromatic heterocycles. The minimum atomic E-state index is -1.79. The highest BCUT2D eigenvalue weighted by Gasteiger charge is 2.48. The Hall–Kier alpha value is -3.50. The van der Waals surface area contributed by atoms with Gasteiger partial charge in [-0.05, 0) is 47.5 Å². The van der Waals surface area contributed by atoms with E-state index in [9.17, 15) is 30.3 Å². The van der Waals surface area contributed by atoms with Gasteiger partial charge in [0.1, 0.15) is 29.8 Å². The predicted molar refractivity (Wildman–Crippen MR) is 115 cm³/mol. The van der Waals surface area contributed by atoms with Crippen molar-refractivity contribution in [3.8, 4) is 11.5 Å². The molecule has 1 aliphatic heterocycles. The standard InChI is InChI=1S/C24H23NO8/c26-15-8-4-13(5-9-15)18(17-3-1-2-12-25-17)14-6-10-16(11-7-14)32-24-21(29)19(27)20(28)22(33-24)23(30)31/h1-12,18-22,24,26-29H,(H,30,31)/t18?,19-,20-,21+,22-,24+/m0/s1. The van der Waals surface area contributed by atoms with Gasteiger partial charge in [-0.2, -0.15) is 0 Å². The Morgan fingerprint density at radius 2 is 1.52 bits per heavy atom. The SMILES string of the molecule is O=C(O)[C@H]1O[C@@H](Oc2ccc(C(c3ccc(O)cc3)c3ccccn3)cc2)[C@H](O)[C@@H](O)[C@@H]1O. The van der Waals surface area contributed by atoms with Crippen molar-refractivity contribution < 1.29 is 39.8 Å². The first-order valence-corrected chi connectivity index (χ1v) is 10.2. The average Bonchev–Trinajstić information content (AvgIpc) is 2.82. The number of rotatable bonds is 6. The molecule has 0 spiro atoms. The number of carbonyl (C=O) groups is 1. The molecule has 0 bridgehead atoms. The van der Waals surface area contributed by atoms with E-state index in [0.29, 0.717) is 0 Å². The number of aliphatic hydroxyl groups excluding tert-OH is 3. The lowest BCUT2D eigenvalue weighted by atomic mass is 9.88. The lowest BCUT2D eigenvalue weighted by Gasteiger charge is -2.38. The van der Waals surface area contributed by atoms with Crippen LogP contribution in [0.25, 0.3) is 0 Å². The molecule has 1 unspecified atom stereocenters. The molecular weight excluding hydrogens is 430 g/mol. The molecule has 0 radical (unpaired) electrons. The number of aliphatic hydroxyl groups is 3. The van der Waals surface area contributed by atoms with Crippen molar-refractivity contribution in [1.82, 2.24) is 4.98 Å². The second-order valence-corrected chi connectivity index (χ2v) is 7.70. The number of nitrogens with zero attached hydrogens (tertiary/aromatic N) is 1. The molecular formula is C24H23NO8. The number of carboxylic acid groups (broad SMARTS) is 1. The van der Waals surface area contributed by atoms with Crippen LogP contribution >= 0.6 is 0 Å². The van der Waals surface area contributed by atoms with E-state index in [1.807, 2.05) is 30.3 Å². The number of aromatic nitrogens is 1. The van der Waals surface area contributed by atoms with Gasteiger partial charge in [-0.3, -0.25) is 4.98 Å². The molecule has 1 aliphatic rings. The Morgan fingerprint density at radius 3 is 2.09 bits per heavy atom. The molecule has 33 heavy (non-hydrogen) atoms. The molecule has 5 N–H and O–H groups in total. The molecule has 1 fully saturated rings. The van der Waals surface area contributed by atoms with Crippen LogP contribution in [0.15, 0.2) is 72.9 Å². The molecule has 4 rings (SSSR count). The summed E-state index contributed by atoms with van der Waals surface area (Å²) >= 11 is 0. The summed E-state index contributed by atoms with van der Waals surface area (Å²) in [5, 5.41) is 48.7. The van der Waals surface area contributed by atoms with Gasteiger partial charge >= 0.3 is 5.97 Å². The van der Waals surface area contributed by atoms with Crippen LogP contribution in [0, 0.1) is 0 Å². The van der Waals surface area contributed by atoms with Crippen LogP contribution < -0.4 is 4.74 Å². The summed E-state index contributed by atoms with van der Waals surface area (Å²) < 4.78 is 10.7. The molecule has 6 atom stereocenters. The number of aliphatic carboxylic acids is 1. The van der Waals surface area contributed by atoms with E-state index < -0.39 is 36.7 Å². The molecule has 172 valence electrons. The lowest BCUT2D eigenvalue weighted by Crippen LogP contribution is -2.61. The van der Waals surface area contributed by atoms with Crippen molar-refractivity contribution in [2.75, 3.05) is 0 Å². The highest BCUT2D eigenvalue weighted by molar-refractivity contribution is 5.73. The van der Waals surface area contributed by atoms with Gasteiger partial charge in [0.05, 0.1) is 11.6 Å². The Balaban J connectivity index is 1.58. The largest absolute Gasteiger partial charge is 0.508 e. The average molecular weight is 453 g/mol. The maximum Gasteiger partial charge on any atom is 0.335 e. The van der Waals surface area contributed by atoms with Gasteiger partial charge in [0.15, 0.2) is 6.10 Å². The van der Waals surface area contributed by atoms with E-state index in [-0.39, 0.29) is 17.4 Å². The number of benzene rings is 2. The fourth-order valence-corrected chi connectivity index (χ4v) is 3.77. The Bertz CT molecular complexity index is 1070. The fourth-order valence-electron chi connectivity index (χ4n) is 3.77. The zero-order chi connectivity index (χ0) is 23.5. The van der Waals surface area contributed by atoms with Crippen LogP contribution in [0.1, 0.15) is 22.7 Å². The Labute approximate surface area is 189 Å². The second kappa shape index (κ2) is 9.55. The third kappa shape index (κ3) is 4.81. The van der Waals surface area contributed by atoms with Crippen LogP contribution in [0.3, 0.4) is 0 Å². The quantitative estimate of drug-likeness (QED) is 0.371. The smallest absolute Gasteiger partial charge is 0.335 e. The molecule has 0 saturated carbocycles. The summed E-state index contributed by atoms with van der Waals surface area (Å²) in [6.07, 6.45) is -6.71. The summed E-state index contributed by atoms with van der Waals surface area (Å²) in [6.45, 7) is 0. The first-order valence-electron chi connectivity index (χ1n) is 10.2. The maximum atomic E-state index is 11.3. The minimum Gasteiger partial charge on any atom is -0.508 e. The van der Waals surface area contributed by atoms with Crippen LogP contribution in [0.4, 0.5) is 0 Å². The van der Waals surface area contributed by atoms with E-state index in [2.05, 4.69) is 4.98 Å². The molecule has 9 nitrogen and oxygen atoms in total. The van der Waals surface area contributed by atoms with Crippen LogP contribution in [0.5, 0.6) is 11.5 Å². The van der Waals surface area contributed by atoms with Crippen molar-refractivity contribution in [3.63, 3.8) is 0 Å². The van der Waals surface area contributed by atoms with Gasteiger partial charge < -0.3 is 35.0 Å². The van der Waals surface area contributed by atoms with E-state index in [1.54, 1.807) is 42.6 Å². The highest BCUT2D eigenvalue weighted by atomic mass is 16.7. The van der Waals surface area contributed by atoms with Crippen molar-refractivity contribution in [2.45, 2.75) is 36.6 Å². The molecule has 0 aliphatic carbocycles. The molecule has 0 amide bonds. The summed E-state index contributed by atoms with van der Waals surface area (Å²) in [7, 11) is 0. The molecule has 9 heteroatoms. The topological polar surface area (TPSA) is 150 Å². The number of carboxylic acids is 1. The molecule has 2 heterocycles. The van der Waals surface area contributed by atoms with Gasteiger partial charge in [-0.1, -0.05) is 30.3 Å². The van der Waals surface area contributed by atoms with Gasteiger partial charge in [-0.15, -0.1) is 0 Å². The monoisotopic (exact) mass is 453 g/mol. The Kier molecular flexibility index (Phi) is 6.57. The zero-order valence-electron chi connectivity index (χ0n) is 17.3. The lowest BCUT2D eigenvalue weighted by molar-refractivity contribution is -0.271. The van der Waals surface area contributed by atoms with Crippen LogP contribution in [-0.4, -0.2) is 67.2 Å². The van der Waals surface area contributed by atoms with Crippen molar-refractivity contribution in [3.05, 3.63) is 89.7 Å². The van der Waals surface area contributed by atoms with Crippen LogP contribution in [-0.2, 0) is 9.53 Å². The molecule has 2 aromatic carbocycles. The molecule has 3 aromatic rings. The Morgan fingerprint density at radius 1 is 0.879 bits per heavy atom. The van der Waals surface area contributed by atoms with Gasteiger partial charge in [0.2, 0.25) is 6.29 Å². The first-order chi connectivity index (χ1) is 15.8. The summed E-state index contributed by atoms with van der Waals surface area (Å²) in [5.41, 5.74) is 2.58. The van der Waals surface area contributed by atoms with Crippen LogP contribution in [0.2, 0.25) is 0 Å². The fraction of sp³-hybridized carbons (Fsp3) is 0.250. The zero-order valence-corrected chi connectivity index (χ0v) is 17.3. The van der Waals surface area contributed by atoms with E-state index in [1.165, 1.54) is 0 Å². The van der Waals surface area contributed by atoms with Crippen molar-refractivity contribution in [1.29, 1.82) is 0 Å². The summed E-state index contributed by atoms with van der Waals surface area (Å²) in [5.74, 6) is -1.29. The number of hydrogen-bond donors (Lipinski definition) is 5. The van der Waals surface area contributed by atoms with E-state index >= 15 is 0 Å². The maximum absolute atomic E-state index is 11.3. The second-order valence-electron chi connectivity index (χ2n) is 7.70. The predicted octanol–water partition coefficient (Wildman–Crippen LogP) is 1.24. The minimum absolute atomic E-state index is 0.153. The summed E-state index contributed by atoms with van der Waals surface area (Å²) in [6, 6.07) is 19.2. The third-order valence-corrected chi connectivity index (χ3v) is 5.49. The van der Waals surface area contributed by atoms with Gasteiger partial charge in [0.25, 0.3) is 0 Å². The number of ether oxygens (including phenoxy) is 2. The number of hydrogen-bond acceptors (Lipinski definition) is 8. The summed E-state index contributed by atoms with van der Waals surface area (Å²) in [4.78, 5) is 15.7. The number of pyridine rings is 1. The number of phenols is 1. The normalized spacial score (nSPS) is 25.8. The highest BCUT2D eigenvalue weighted by Crippen LogP contribution is 2.33. The third-order valence-electron chi connectivity index (χ3n) is 5.49. The van der Waals surface area contributed by atoms with Crippen molar-refractivity contribution >= 4 is 5.97 Å². The van der Waals surface area contributed by atoms with Gasteiger partial charge in [0, 0.05) is 6.20 Å². The number of phenolic OH excluding ortho intramolecular Hbond substituents is 1. The van der Waals surface area contributed by atoms with E-state index in [4.69, 9.17) is 9.47 Å².